The van der Waals surface area contributed by atoms with Gasteiger partial charge in [-0.1, -0.05) is 48.4 Å². The normalized spacial score (nSPS) is 12.9. The molecule has 0 bridgehead atoms. The molecule has 0 saturated carbocycles. The summed E-state index contributed by atoms with van der Waals surface area (Å²) in [6.07, 6.45) is 1.34. The maximum absolute atomic E-state index is 12.7. The molecule has 8 nitrogen and oxygen atoms in total. The molecular weight excluding hydrogens is 446 g/mol. The van der Waals surface area contributed by atoms with E-state index in [0.717, 1.165) is 16.7 Å². The first kappa shape index (κ1) is 24.3. The summed E-state index contributed by atoms with van der Waals surface area (Å²) in [6.45, 7) is 6.34. The van der Waals surface area contributed by atoms with Crippen LogP contribution >= 0.6 is 0 Å². The number of imide groups is 1. The summed E-state index contributed by atoms with van der Waals surface area (Å²) in [7, 11) is 0. The van der Waals surface area contributed by atoms with Gasteiger partial charge in [-0.2, -0.15) is 0 Å². The number of aromatic amines is 1. The highest BCUT2D eigenvalue weighted by Crippen LogP contribution is 2.22. The summed E-state index contributed by atoms with van der Waals surface area (Å²) in [5, 5.41) is 0. The van der Waals surface area contributed by atoms with Crippen molar-refractivity contribution in [3.8, 4) is 0 Å². The molecule has 1 N–H and O–H groups in total. The molecule has 0 saturated heterocycles. The molecule has 2 heterocycles. The highest BCUT2D eigenvalue weighted by atomic mass is 16.5. The molecule has 2 aromatic carbocycles. The van der Waals surface area contributed by atoms with E-state index in [0.29, 0.717) is 41.6 Å². The highest BCUT2D eigenvalue weighted by molar-refractivity contribution is 6.21. The zero-order valence-corrected chi connectivity index (χ0v) is 20.2. The minimum absolute atomic E-state index is 0.0368. The predicted molar refractivity (Wildman–Crippen MR) is 132 cm³/mol. The summed E-state index contributed by atoms with van der Waals surface area (Å²) in [4.78, 5) is 53.7. The van der Waals surface area contributed by atoms with Gasteiger partial charge in [-0.05, 0) is 44.4 Å². The number of nitrogens with one attached hydrogen (secondary N) is 1. The van der Waals surface area contributed by atoms with Crippen molar-refractivity contribution < 1.29 is 14.3 Å². The van der Waals surface area contributed by atoms with Gasteiger partial charge in [0.25, 0.3) is 17.4 Å². The van der Waals surface area contributed by atoms with Gasteiger partial charge < -0.3 is 4.74 Å². The molecule has 35 heavy (non-hydrogen) atoms. The monoisotopic (exact) mass is 475 g/mol. The van der Waals surface area contributed by atoms with Gasteiger partial charge in [0.05, 0.1) is 17.7 Å². The Labute approximate surface area is 203 Å². The second-order valence-corrected chi connectivity index (χ2v) is 8.84. The minimum Gasteiger partial charge on any atom is -0.361 e. The van der Waals surface area contributed by atoms with Crippen LogP contribution in [0, 0.1) is 13.8 Å². The van der Waals surface area contributed by atoms with Gasteiger partial charge in [-0.3, -0.25) is 28.8 Å². The van der Waals surface area contributed by atoms with Crippen LogP contribution in [0.1, 0.15) is 62.0 Å². The van der Waals surface area contributed by atoms with E-state index in [1.165, 1.54) is 9.47 Å². The lowest BCUT2D eigenvalue weighted by atomic mass is 10.0. The SMILES string of the molecule is CCc1c(Cc2cc(C)cc(C)c2)n(COCCCN2C(=O)c3ccccc3C2=O)c(=O)[nH]c1=O. The van der Waals surface area contributed by atoms with E-state index < -0.39 is 5.69 Å². The quantitative estimate of drug-likeness (QED) is 0.379. The van der Waals surface area contributed by atoms with Gasteiger partial charge in [-0.25, -0.2) is 4.79 Å². The summed E-state index contributed by atoms with van der Waals surface area (Å²) >= 11 is 0. The van der Waals surface area contributed by atoms with Gasteiger partial charge in [-0.15, -0.1) is 0 Å². The number of benzene rings is 2. The molecule has 0 radical (unpaired) electrons. The van der Waals surface area contributed by atoms with E-state index in [-0.39, 0.29) is 37.3 Å². The number of aromatic nitrogens is 2. The van der Waals surface area contributed by atoms with E-state index in [2.05, 4.69) is 11.1 Å². The molecule has 0 aliphatic carbocycles. The number of amides is 2. The first-order valence-electron chi connectivity index (χ1n) is 11.7. The van der Waals surface area contributed by atoms with Crippen molar-refractivity contribution >= 4 is 11.8 Å². The molecule has 1 aliphatic heterocycles. The van der Waals surface area contributed by atoms with E-state index >= 15 is 0 Å². The van der Waals surface area contributed by atoms with Crippen molar-refractivity contribution in [3.05, 3.63) is 102 Å². The topological polar surface area (TPSA) is 101 Å². The Kier molecular flexibility index (Phi) is 7.12. The Bertz CT molecular complexity index is 1350. The summed E-state index contributed by atoms with van der Waals surface area (Å²) in [5.74, 6) is -0.600. The number of hydrogen-bond donors (Lipinski definition) is 1. The average Bonchev–Trinajstić information content (AvgIpc) is 3.05. The molecule has 8 heteroatoms. The van der Waals surface area contributed by atoms with Crippen LogP contribution in [0.3, 0.4) is 0 Å². The van der Waals surface area contributed by atoms with Crippen LogP contribution < -0.4 is 11.2 Å². The van der Waals surface area contributed by atoms with E-state index in [1.54, 1.807) is 24.3 Å². The molecule has 4 rings (SSSR count). The van der Waals surface area contributed by atoms with Crippen molar-refractivity contribution in [2.45, 2.75) is 46.8 Å². The Morgan fingerprint density at radius 2 is 1.54 bits per heavy atom. The smallest absolute Gasteiger partial charge is 0.330 e. The number of aryl methyl sites for hydroxylation is 2. The van der Waals surface area contributed by atoms with Crippen molar-refractivity contribution in [2.75, 3.05) is 13.2 Å². The first-order chi connectivity index (χ1) is 16.8. The Morgan fingerprint density at radius 1 is 0.914 bits per heavy atom. The van der Waals surface area contributed by atoms with E-state index in [1.807, 2.05) is 32.9 Å². The third-order valence-electron chi connectivity index (χ3n) is 6.19. The molecule has 0 unspecified atom stereocenters. The van der Waals surface area contributed by atoms with E-state index in [4.69, 9.17) is 4.74 Å². The molecular formula is C27H29N3O5. The summed E-state index contributed by atoms with van der Waals surface area (Å²) in [5.41, 5.74) is 4.36. The van der Waals surface area contributed by atoms with Gasteiger partial charge in [0.15, 0.2) is 0 Å². The van der Waals surface area contributed by atoms with Crippen molar-refractivity contribution in [2.24, 2.45) is 0 Å². The van der Waals surface area contributed by atoms with Crippen LogP contribution in [0.5, 0.6) is 0 Å². The van der Waals surface area contributed by atoms with Gasteiger partial charge in [0.2, 0.25) is 0 Å². The standard InChI is InChI=1S/C27H29N3O5/c1-4-20-23(15-19-13-17(2)12-18(3)14-19)30(27(34)28-24(20)31)16-35-11-7-10-29-25(32)21-8-5-6-9-22(21)26(29)33/h5-6,8-9,12-14H,4,7,10-11,15-16H2,1-3H3,(H,28,31,34). The van der Waals surface area contributed by atoms with Crippen LogP contribution in [-0.4, -0.2) is 39.4 Å². The number of H-pyrrole nitrogens is 1. The molecule has 0 fully saturated rings. The van der Waals surface area contributed by atoms with E-state index in [9.17, 15) is 19.2 Å². The van der Waals surface area contributed by atoms with Gasteiger partial charge in [0.1, 0.15) is 6.73 Å². The molecule has 3 aromatic rings. The predicted octanol–water partition coefficient (Wildman–Crippen LogP) is 2.97. The van der Waals surface area contributed by atoms with Crippen molar-refractivity contribution in [3.63, 3.8) is 0 Å². The molecule has 0 atom stereocenters. The van der Waals surface area contributed by atoms with Crippen LogP contribution in [-0.2, 0) is 24.3 Å². The number of carbonyl (C=O) groups excluding carboxylic acids is 2. The lowest BCUT2D eigenvalue weighted by Crippen LogP contribution is -2.36. The number of nitrogens with zero attached hydrogens (tertiary/aromatic N) is 2. The number of fused-ring (bicyclic) bond motifs is 1. The Morgan fingerprint density at radius 3 is 2.14 bits per heavy atom. The van der Waals surface area contributed by atoms with Gasteiger partial charge >= 0.3 is 5.69 Å². The zero-order valence-electron chi connectivity index (χ0n) is 20.2. The number of hydrogen-bond acceptors (Lipinski definition) is 5. The molecule has 182 valence electrons. The minimum atomic E-state index is -0.521. The van der Waals surface area contributed by atoms with Crippen molar-refractivity contribution in [1.29, 1.82) is 0 Å². The average molecular weight is 476 g/mol. The first-order valence-corrected chi connectivity index (χ1v) is 11.7. The van der Waals surface area contributed by atoms with Crippen LogP contribution in [0.4, 0.5) is 0 Å². The molecule has 2 amide bonds. The molecule has 1 aromatic heterocycles. The highest BCUT2D eigenvalue weighted by Gasteiger charge is 2.34. The molecule has 0 spiro atoms. The Balaban J connectivity index is 1.45. The van der Waals surface area contributed by atoms with Gasteiger partial charge in [0, 0.05) is 24.2 Å². The third-order valence-corrected chi connectivity index (χ3v) is 6.19. The Hall–Kier alpha value is -3.78. The maximum Gasteiger partial charge on any atom is 0.330 e. The number of rotatable bonds is 9. The zero-order chi connectivity index (χ0) is 25.1. The lowest BCUT2D eigenvalue weighted by molar-refractivity contribution is 0.0541. The maximum atomic E-state index is 12.7. The lowest BCUT2D eigenvalue weighted by Gasteiger charge is -2.17. The number of carbonyl (C=O) groups is 2. The summed E-state index contributed by atoms with van der Waals surface area (Å²) < 4.78 is 7.22. The fourth-order valence-electron chi connectivity index (χ4n) is 4.65. The van der Waals surface area contributed by atoms with Crippen molar-refractivity contribution in [1.82, 2.24) is 14.5 Å². The number of ether oxygens (including phenoxy) is 1. The fraction of sp³-hybridized carbons (Fsp3) is 0.333. The van der Waals surface area contributed by atoms with Crippen LogP contribution in [0.15, 0.2) is 52.1 Å². The van der Waals surface area contributed by atoms with Crippen LogP contribution in [0.25, 0.3) is 0 Å². The second-order valence-electron chi connectivity index (χ2n) is 8.84. The largest absolute Gasteiger partial charge is 0.361 e. The second kappa shape index (κ2) is 10.2. The fourth-order valence-corrected chi connectivity index (χ4v) is 4.65. The van der Waals surface area contributed by atoms with Crippen LogP contribution in [0.2, 0.25) is 0 Å². The summed E-state index contributed by atoms with van der Waals surface area (Å²) in [6, 6.07) is 12.9. The third kappa shape index (κ3) is 5.02. The molecule has 1 aliphatic rings.